The number of ether oxygens (including phenoxy) is 1. The van der Waals surface area contributed by atoms with Gasteiger partial charge in [0.05, 0.1) is 11.8 Å². The second-order valence-corrected chi connectivity index (χ2v) is 11.3. The Morgan fingerprint density at radius 1 is 0.973 bits per heavy atom. The van der Waals surface area contributed by atoms with Gasteiger partial charge in [0.1, 0.15) is 5.75 Å². The monoisotopic (exact) mass is 498 g/mol. The fraction of sp³-hybridized carbons (Fsp3) is 0.500. The molecule has 0 radical (unpaired) electrons. The van der Waals surface area contributed by atoms with Crippen molar-refractivity contribution in [3.05, 3.63) is 82.0 Å². The first-order valence-corrected chi connectivity index (χ1v) is 14.4. The van der Waals surface area contributed by atoms with Crippen LogP contribution in [0, 0.1) is 12.8 Å². The first kappa shape index (κ1) is 27.4. The smallest absolute Gasteiger partial charge is 0.128 e. The zero-order valence-corrected chi connectivity index (χ0v) is 24.1. The molecule has 3 nitrogen and oxygen atoms in total. The summed E-state index contributed by atoms with van der Waals surface area (Å²) < 4.78 is 6.51. The van der Waals surface area contributed by atoms with Gasteiger partial charge < -0.3 is 4.74 Å². The number of rotatable bonds is 10. The van der Waals surface area contributed by atoms with Crippen molar-refractivity contribution in [1.29, 1.82) is 0 Å². The van der Waals surface area contributed by atoms with Gasteiger partial charge in [0.25, 0.3) is 0 Å². The fourth-order valence-corrected chi connectivity index (χ4v) is 5.85. The molecule has 0 aliphatic carbocycles. The van der Waals surface area contributed by atoms with Crippen LogP contribution in [0.3, 0.4) is 0 Å². The summed E-state index contributed by atoms with van der Waals surface area (Å²) in [5.74, 6) is 1.69. The molecule has 0 bridgehead atoms. The van der Waals surface area contributed by atoms with E-state index in [9.17, 15) is 0 Å². The minimum absolute atomic E-state index is 0.110. The third kappa shape index (κ3) is 6.26. The van der Waals surface area contributed by atoms with Crippen LogP contribution in [0.5, 0.6) is 5.75 Å². The van der Waals surface area contributed by atoms with Crippen molar-refractivity contribution in [3.8, 4) is 17.0 Å². The van der Waals surface area contributed by atoms with E-state index < -0.39 is 0 Å². The van der Waals surface area contributed by atoms with Gasteiger partial charge in [0, 0.05) is 42.0 Å². The maximum Gasteiger partial charge on any atom is 0.128 e. The second-order valence-electron chi connectivity index (χ2n) is 11.3. The van der Waals surface area contributed by atoms with E-state index in [0.29, 0.717) is 12.0 Å². The Morgan fingerprint density at radius 2 is 1.68 bits per heavy atom. The molecule has 0 saturated heterocycles. The Morgan fingerprint density at radius 3 is 2.32 bits per heavy atom. The van der Waals surface area contributed by atoms with Gasteiger partial charge in [-0.15, -0.1) is 0 Å². The summed E-state index contributed by atoms with van der Waals surface area (Å²) in [6.45, 7) is 17.5. The van der Waals surface area contributed by atoms with Crippen LogP contribution in [-0.4, -0.2) is 22.5 Å². The van der Waals surface area contributed by atoms with Crippen LogP contribution < -0.4 is 4.74 Å². The van der Waals surface area contributed by atoms with Crippen LogP contribution in [0.25, 0.3) is 11.3 Å². The summed E-state index contributed by atoms with van der Waals surface area (Å²) in [6.07, 6.45) is 5.62. The van der Waals surface area contributed by atoms with Crippen molar-refractivity contribution in [2.24, 2.45) is 5.92 Å². The standard InChI is InChI=1S/C34H46N2O/c1-8-26-14-12-15-27(9-2)34(26)31-21-33(37-24(5)6)30(25(7)35-31)22-36-20-19-28-13-10-11-16-29(28)32(36)18-17-23(3)4/h10-16,21,23-24,32H,8-9,17-20,22H2,1-7H3. The van der Waals surface area contributed by atoms with Crippen molar-refractivity contribution >= 4 is 0 Å². The van der Waals surface area contributed by atoms with Gasteiger partial charge >= 0.3 is 0 Å². The molecule has 37 heavy (non-hydrogen) atoms. The first-order valence-electron chi connectivity index (χ1n) is 14.4. The van der Waals surface area contributed by atoms with E-state index in [-0.39, 0.29) is 6.10 Å². The highest BCUT2D eigenvalue weighted by atomic mass is 16.5. The molecule has 0 spiro atoms. The topological polar surface area (TPSA) is 25.4 Å². The molecule has 0 saturated carbocycles. The lowest BCUT2D eigenvalue weighted by atomic mass is 9.88. The lowest BCUT2D eigenvalue weighted by Crippen LogP contribution is -2.35. The van der Waals surface area contributed by atoms with Crippen LogP contribution in [0.4, 0.5) is 0 Å². The Hall–Kier alpha value is -2.65. The van der Waals surface area contributed by atoms with Gasteiger partial charge in [-0.2, -0.15) is 0 Å². The highest BCUT2D eigenvalue weighted by Gasteiger charge is 2.29. The molecule has 198 valence electrons. The maximum absolute atomic E-state index is 6.51. The normalized spacial score (nSPS) is 15.9. The lowest BCUT2D eigenvalue weighted by molar-refractivity contribution is 0.155. The van der Waals surface area contributed by atoms with Gasteiger partial charge in [0.15, 0.2) is 0 Å². The second kappa shape index (κ2) is 12.3. The Labute approximate surface area is 225 Å². The summed E-state index contributed by atoms with van der Waals surface area (Å²) in [4.78, 5) is 7.91. The molecule has 0 fully saturated rings. The van der Waals surface area contributed by atoms with Gasteiger partial charge in [-0.3, -0.25) is 9.88 Å². The molecule has 1 atom stereocenters. The molecule has 4 rings (SSSR count). The van der Waals surface area contributed by atoms with Crippen molar-refractivity contribution in [2.75, 3.05) is 6.54 Å². The van der Waals surface area contributed by atoms with Crippen molar-refractivity contribution in [3.63, 3.8) is 0 Å². The van der Waals surface area contributed by atoms with Crippen molar-refractivity contribution < 1.29 is 4.74 Å². The van der Waals surface area contributed by atoms with E-state index in [1.54, 1.807) is 0 Å². The van der Waals surface area contributed by atoms with Crippen molar-refractivity contribution in [2.45, 2.75) is 99.3 Å². The van der Waals surface area contributed by atoms with E-state index in [4.69, 9.17) is 9.72 Å². The van der Waals surface area contributed by atoms with Crippen LogP contribution >= 0.6 is 0 Å². The van der Waals surface area contributed by atoms with Gasteiger partial charge in [-0.25, -0.2) is 0 Å². The number of fused-ring (bicyclic) bond motifs is 1. The number of aryl methyl sites for hydroxylation is 3. The number of nitrogens with zero attached hydrogens (tertiary/aromatic N) is 2. The number of benzene rings is 2. The number of hydrogen-bond acceptors (Lipinski definition) is 3. The van der Waals surface area contributed by atoms with Gasteiger partial charge in [-0.05, 0) is 81.0 Å². The maximum atomic E-state index is 6.51. The fourth-order valence-electron chi connectivity index (χ4n) is 5.85. The summed E-state index contributed by atoms with van der Waals surface area (Å²) in [6, 6.07) is 18.4. The molecule has 2 aromatic carbocycles. The van der Waals surface area contributed by atoms with Crippen molar-refractivity contribution in [1.82, 2.24) is 9.88 Å². The molecule has 1 aromatic heterocycles. The predicted octanol–water partition coefficient (Wildman–Crippen LogP) is 8.50. The van der Waals surface area contributed by atoms with Crippen LogP contribution in [0.1, 0.15) is 93.9 Å². The molecule has 1 unspecified atom stereocenters. The largest absolute Gasteiger partial charge is 0.491 e. The van der Waals surface area contributed by atoms with Crippen LogP contribution in [0.15, 0.2) is 48.5 Å². The molecular formula is C34H46N2O. The summed E-state index contributed by atoms with van der Waals surface area (Å²) in [5.41, 5.74) is 10.4. The molecule has 1 aliphatic heterocycles. The average Bonchev–Trinajstić information content (AvgIpc) is 2.88. The zero-order valence-electron chi connectivity index (χ0n) is 24.1. The number of hydrogen-bond donors (Lipinski definition) is 0. The molecule has 0 amide bonds. The highest BCUT2D eigenvalue weighted by molar-refractivity contribution is 5.70. The highest BCUT2D eigenvalue weighted by Crippen LogP contribution is 2.38. The first-order chi connectivity index (χ1) is 17.8. The summed E-state index contributed by atoms with van der Waals surface area (Å²) in [7, 11) is 0. The van der Waals surface area contributed by atoms with Gasteiger partial charge in [-0.1, -0.05) is 70.2 Å². The predicted molar refractivity (Wildman–Crippen MR) is 156 cm³/mol. The lowest BCUT2D eigenvalue weighted by Gasteiger charge is -2.38. The summed E-state index contributed by atoms with van der Waals surface area (Å²) in [5, 5.41) is 0. The van der Waals surface area contributed by atoms with E-state index in [1.165, 1.54) is 46.2 Å². The average molecular weight is 499 g/mol. The van der Waals surface area contributed by atoms with E-state index in [0.717, 1.165) is 49.5 Å². The Balaban J connectivity index is 1.75. The molecule has 2 heterocycles. The van der Waals surface area contributed by atoms with Gasteiger partial charge in [0.2, 0.25) is 0 Å². The van der Waals surface area contributed by atoms with E-state index in [1.807, 2.05) is 0 Å². The Bertz CT molecular complexity index is 1170. The third-order valence-electron chi connectivity index (χ3n) is 7.81. The molecule has 1 aliphatic rings. The Kier molecular flexibility index (Phi) is 9.08. The zero-order chi connectivity index (χ0) is 26.5. The quantitative estimate of drug-likeness (QED) is 0.280. The minimum atomic E-state index is 0.110. The summed E-state index contributed by atoms with van der Waals surface area (Å²) >= 11 is 0. The molecule has 0 N–H and O–H groups in total. The van der Waals surface area contributed by atoms with Crippen LogP contribution in [-0.2, 0) is 25.8 Å². The van der Waals surface area contributed by atoms with E-state index in [2.05, 4.69) is 102 Å². The van der Waals surface area contributed by atoms with E-state index >= 15 is 0 Å². The SMILES string of the molecule is CCc1cccc(CC)c1-c1cc(OC(C)C)c(CN2CCc3ccccc3C2CCC(C)C)c(C)n1. The van der Waals surface area contributed by atoms with Crippen LogP contribution in [0.2, 0.25) is 0 Å². The minimum Gasteiger partial charge on any atom is -0.491 e. The number of aromatic nitrogens is 1. The molecule has 3 aromatic rings. The molecular weight excluding hydrogens is 452 g/mol. The number of pyridine rings is 1. The molecule has 3 heteroatoms. The third-order valence-corrected chi connectivity index (χ3v) is 7.81.